The van der Waals surface area contributed by atoms with Crippen molar-refractivity contribution in [1.82, 2.24) is 5.32 Å². The van der Waals surface area contributed by atoms with E-state index in [0.717, 1.165) is 19.5 Å². The predicted octanol–water partition coefficient (Wildman–Crippen LogP) is 4.50. The normalized spacial score (nSPS) is 26.7. The Morgan fingerprint density at radius 1 is 1.38 bits per heavy atom. The van der Waals surface area contributed by atoms with Gasteiger partial charge >= 0.3 is 0 Å². The third-order valence-corrected chi connectivity index (χ3v) is 5.87. The topological polar surface area (TPSA) is 15.3 Å². The molecule has 1 aliphatic rings. The molecule has 1 N–H and O–H groups in total. The van der Waals surface area contributed by atoms with Crippen LogP contribution in [0.2, 0.25) is 0 Å². The second kappa shape index (κ2) is 5.62. The zero-order valence-corrected chi connectivity index (χ0v) is 14.3. The van der Waals surface area contributed by atoms with Crippen molar-refractivity contribution in [2.24, 2.45) is 5.92 Å². The third-order valence-electron chi connectivity index (χ3n) is 4.98. The SMILES string of the molecule is CCC1(C)CN(c2ccc3sccc3c2)C(C(C)C)CN1. The number of piperazine rings is 1. The van der Waals surface area contributed by atoms with Crippen LogP contribution in [0.5, 0.6) is 0 Å². The molecule has 1 saturated heterocycles. The average Bonchev–Trinajstić information content (AvgIpc) is 2.94. The molecule has 2 aromatic rings. The summed E-state index contributed by atoms with van der Waals surface area (Å²) in [5.74, 6) is 0.650. The van der Waals surface area contributed by atoms with Gasteiger partial charge in [-0.3, -0.25) is 0 Å². The molecule has 1 fully saturated rings. The van der Waals surface area contributed by atoms with Gasteiger partial charge in [-0.15, -0.1) is 11.3 Å². The summed E-state index contributed by atoms with van der Waals surface area (Å²) in [6.07, 6.45) is 1.16. The molecule has 0 bridgehead atoms. The molecule has 3 rings (SSSR count). The van der Waals surface area contributed by atoms with Gasteiger partial charge in [-0.2, -0.15) is 0 Å². The maximum atomic E-state index is 3.77. The molecule has 0 aliphatic carbocycles. The molecule has 0 radical (unpaired) electrons. The van der Waals surface area contributed by atoms with Crippen molar-refractivity contribution in [3.63, 3.8) is 0 Å². The highest BCUT2D eigenvalue weighted by molar-refractivity contribution is 7.17. The minimum absolute atomic E-state index is 0.217. The van der Waals surface area contributed by atoms with Gasteiger partial charge in [-0.05, 0) is 54.3 Å². The molecular weight excluding hydrogens is 276 g/mol. The highest BCUT2D eigenvalue weighted by Gasteiger charge is 2.35. The fourth-order valence-corrected chi connectivity index (χ4v) is 4.03. The molecule has 2 heterocycles. The van der Waals surface area contributed by atoms with E-state index >= 15 is 0 Å². The predicted molar refractivity (Wildman–Crippen MR) is 94.5 cm³/mol. The number of nitrogens with zero attached hydrogens (tertiary/aromatic N) is 1. The monoisotopic (exact) mass is 302 g/mol. The van der Waals surface area contributed by atoms with Gasteiger partial charge in [0.2, 0.25) is 0 Å². The van der Waals surface area contributed by atoms with E-state index in [2.05, 4.69) is 67.6 Å². The summed E-state index contributed by atoms with van der Waals surface area (Å²) in [4.78, 5) is 2.63. The molecule has 1 aliphatic heterocycles. The van der Waals surface area contributed by atoms with E-state index in [0.29, 0.717) is 12.0 Å². The standard InChI is InChI=1S/C18H26N2S/c1-5-18(4)12-20(16(11-19-18)13(2)3)15-6-7-17-14(10-15)8-9-21-17/h6-10,13,16,19H,5,11-12H2,1-4H3. The smallest absolute Gasteiger partial charge is 0.0438 e. The minimum Gasteiger partial charge on any atom is -0.365 e. The highest BCUT2D eigenvalue weighted by atomic mass is 32.1. The Labute approximate surface area is 132 Å². The zero-order valence-electron chi connectivity index (χ0n) is 13.5. The minimum atomic E-state index is 0.217. The molecule has 114 valence electrons. The number of fused-ring (bicyclic) bond motifs is 1. The van der Waals surface area contributed by atoms with Gasteiger partial charge in [0.05, 0.1) is 0 Å². The van der Waals surface area contributed by atoms with Crippen LogP contribution in [0.15, 0.2) is 29.6 Å². The van der Waals surface area contributed by atoms with Crippen LogP contribution < -0.4 is 10.2 Å². The molecule has 2 unspecified atom stereocenters. The largest absolute Gasteiger partial charge is 0.365 e. The lowest BCUT2D eigenvalue weighted by atomic mass is 9.89. The zero-order chi connectivity index (χ0) is 15.0. The molecular formula is C18H26N2S. The van der Waals surface area contributed by atoms with Crippen molar-refractivity contribution in [3.05, 3.63) is 29.6 Å². The first-order chi connectivity index (χ1) is 10.0. The second-order valence-electron chi connectivity index (χ2n) is 6.88. The number of anilines is 1. The Balaban J connectivity index is 1.97. The van der Waals surface area contributed by atoms with Crippen molar-refractivity contribution in [2.75, 3.05) is 18.0 Å². The van der Waals surface area contributed by atoms with E-state index in [1.54, 1.807) is 0 Å². The van der Waals surface area contributed by atoms with Gasteiger partial charge in [-0.25, -0.2) is 0 Å². The number of benzene rings is 1. The summed E-state index contributed by atoms with van der Waals surface area (Å²) in [5.41, 5.74) is 1.59. The van der Waals surface area contributed by atoms with E-state index in [1.807, 2.05) is 11.3 Å². The summed E-state index contributed by atoms with van der Waals surface area (Å²) in [7, 11) is 0. The molecule has 21 heavy (non-hydrogen) atoms. The number of rotatable bonds is 3. The average molecular weight is 302 g/mol. The number of hydrogen-bond donors (Lipinski definition) is 1. The number of nitrogens with one attached hydrogen (secondary N) is 1. The van der Waals surface area contributed by atoms with Gasteiger partial charge in [0.25, 0.3) is 0 Å². The maximum Gasteiger partial charge on any atom is 0.0438 e. The summed E-state index contributed by atoms with van der Waals surface area (Å²) in [6.45, 7) is 11.4. The molecule has 1 aromatic carbocycles. The van der Waals surface area contributed by atoms with Crippen LogP contribution in [0.1, 0.15) is 34.1 Å². The molecule has 2 atom stereocenters. The lowest BCUT2D eigenvalue weighted by Gasteiger charge is -2.48. The summed E-state index contributed by atoms with van der Waals surface area (Å²) in [6, 6.07) is 9.74. The van der Waals surface area contributed by atoms with Crippen molar-refractivity contribution in [3.8, 4) is 0 Å². The lowest BCUT2D eigenvalue weighted by molar-refractivity contribution is 0.253. The second-order valence-corrected chi connectivity index (χ2v) is 7.82. The van der Waals surface area contributed by atoms with E-state index in [9.17, 15) is 0 Å². The van der Waals surface area contributed by atoms with Crippen LogP contribution in [0.3, 0.4) is 0 Å². The van der Waals surface area contributed by atoms with Crippen LogP contribution >= 0.6 is 11.3 Å². The van der Waals surface area contributed by atoms with Crippen LogP contribution in [0.25, 0.3) is 10.1 Å². The fraction of sp³-hybridized carbons (Fsp3) is 0.556. The Hall–Kier alpha value is -1.06. The van der Waals surface area contributed by atoms with E-state index in [1.165, 1.54) is 15.8 Å². The van der Waals surface area contributed by atoms with Gasteiger partial charge in [0.15, 0.2) is 0 Å². The first-order valence-electron chi connectivity index (χ1n) is 8.01. The highest BCUT2D eigenvalue weighted by Crippen LogP contribution is 2.32. The maximum absolute atomic E-state index is 3.77. The first-order valence-corrected chi connectivity index (χ1v) is 8.89. The van der Waals surface area contributed by atoms with E-state index in [4.69, 9.17) is 0 Å². The summed E-state index contributed by atoms with van der Waals surface area (Å²) < 4.78 is 1.38. The summed E-state index contributed by atoms with van der Waals surface area (Å²) in [5, 5.41) is 7.32. The lowest BCUT2D eigenvalue weighted by Crippen LogP contribution is -2.64. The van der Waals surface area contributed by atoms with E-state index in [-0.39, 0.29) is 5.54 Å². The third kappa shape index (κ3) is 2.82. The van der Waals surface area contributed by atoms with Crippen LogP contribution in [-0.2, 0) is 0 Å². The number of hydrogen-bond acceptors (Lipinski definition) is 3. The van der Waals surface area contributed by atoms with Crippen LogP contribution in [-0.4, -0.2) is 24.7 Å². The Morgan fingerprint density at radius 2 is 2.19 bits per heavy atom. The molecule has 2 nitrogen and oxygen atoms in total. The van der Waals surface area contributed by atoms with Crippen LogP contribution in [0.4, 0.5) is 5.69 Å². The van der Waals surface area contributed by atoms with Crippen molar-refractivity contribution in [1.29, 1.82) is 0 Å². The molecule has 1 aromatic heterocycles. The van der Waals surface area contributed by atoms with Crippen molar-refractivity contribution < 1.29 is 0 Å². The quantitative estimate of drug-likeness (QED) is 0.897. The van der Waals surface area contributed by atoms with Crippen molar-refractivity contribution >= 4 is 27.1 Å². The van der Waals surface area contributed by atoms with Crippen LogP contribution in [0, 0.1) is 5.92 Å². The van der Waals surface area contributed by atoms with Crippen molar-refractivity contribution in [2.45, 2.75) is 45.7 Å². The molecule has 0 amide bonds. The Morgan fingerprint density at radius 3 is 2.90 bits per heavy atom. The Bertz CT molecular complexity index is 618. The molecule has 0 saturated carbocycles. The Kier molecular flexibility index (Phi) is 3.98. The number of thiophene rings is 1. The van der Waals surface area contributed by atoms with Gasteiger partial charge < -0.3 is 10.2 Å². The first kappa shape index (κ1) is 14.9. The van der Waals surface area contributed by atoms with Gasteiger partial charge in [0.1, 0.15) is 0 Å². The molecule has 3 heteroatoms. The van der Waals surface area contributed by atoms with Gasteiger partial charge in [-0.1, -0.05) is 20.8 Å². The molecule has 0 spiro atoms. The fourth-order valence-electron chi connectivity index (χ4n) is 3.26. The van der Waals surface area contributed by atoms with E-state index < -0.39 is 0 Å². The summed E-state index contributed by atoms with van der Waals surface area (Å²) >= 11 is 1.82. The van der Waals surface area contributed by atoms with Gasteiger partial charge in [0, 0.05) is 35.1 Å².